The van der Waals surface area contributed by atoms with E-state index in [1.54, 1.807) is 6.07 Å². The smallest absolute Gasteiger partial charge is 0.308 e. The molecule has 0 unspecified atom stereocenters. The first kappa shape index (κ1) is 18.7. The average molecular weight is 389 g/mol. The number of esters is 1. The fourth-order valence-electron chi connectivity index (χ4n) is 4.09. The highest BCUT2D eigenvalue weighted by molar-refractivity contribution is 5.84. The summed E-state index contributed by atoms with van der Waals surface area (Å²) in [6.07, 6.45) is 3.03. The summed E-state index contributed by atoms with van der Waals surface area (Å²) in [7, 11) is 1.41. The number of carbonyl (C=O) groups excluding carboxylic acids is 1. The van der Waals surface area contributed by atoms with Crippen LogP contribution in [0.5, 0.6) is 0 Å². The first-order valence-corrected chi connectivity index (χ1v) is 9.56. The van der Waals surface area contributed by atoms with E-state index in [1.165, 1.54) is 13.2 Å². The van der Waals surface area contributed by atoms with Gasteiger partial charge in [0, 0.05) is 19.0 Å². The summed E-state index contributed by atoms with van der Waals surface area (Å²) >= 11 is 0. The zero-order valence-corrected chi connectivity index (χ0v) is 15.8. The fraction of sp³-hybridized carbons (Fsp3) is 0.579. The minimum Gasteiger partial charge on any atom is -0.469 e. The molecule has 1 aromatic carbocycles. The van der Waals surface area contributed by atoms with Crippen LogP contribution in [0.15, 0.2) is 16.5 Å². The number of methoxy groups -OCH3 is 1. The summed E-state index contributed by atoms with van der Waals surface area (Å²) < 4.78 is 16.1. The van der Waals surface area contributed by atoms with E-state index < -0.39 is 0 Å². The van der Waals surface area contributed by atoms with Gasteiger partial charge < -0.3 is 18.8 Å². The Morgan fingerprint density at radius 1 is 1.25 bits per heavy atom. The summed E-state index contributed by atoms with van der Waals surface area (Å²) in [5, 5.41) is 11.6. The third-order valence-corrected chi connectivity index (χ3v) is 5.66. The Morgan fingerprint density at radius 2 is 1.96 bits per heavy atom. The van der Waals surface area contributed by atoms with Crippen molar-refractivity contribution in [3.05, 3.63) is 28.1 Å². The van der Waals surface area contributed by atoms with Crippen LogP contribution in [-0.2, 0) is 14.3 Å². The molecule has 9 nitrogen and oxygen atoms in total. The van der Waals surface area contributed by atoms with Gasteiger partial charge in [0.05, 0.1) is 37.2 Å². The molecule has 2 fully saturated rings. The van der Waals surface area contributed by atoms with Gasteiger partial charge in [0.1, 0.15) is 11.2 Å². The molecular formula is C19H23N3O6. The van der Waals surface area contributed by atoms with Gasteiger partial charge >= 0.3 is 5.97 Å². The van der Waals surface area contributed by atoms with Gasteiger partial charge in [-0.25, -0.2) is 4.98 Å². The number of carbonyl (C=O) groups is 1. The molecule has 1 aliphatic heterocycles. The highest BCUT2D eigenvalue weighted by atomic mass is 16.6. The molecule has 0 N–H and O–H groups in total. The van der Waals surface area contributed by atoms with Crippen molar-refractivity contribution in [2.75, 3.05) is 38.3 Å². The number of nitrogens with zero attached hydrogens (tertiary/aromatic N) is 3. The SMILES string of the molecule is COC(=O)C1CCC(c2nc3cc(N4CCOCC4)c([N+](=O)[O-])cc3o2)CC1. The van der Waals surface area contributed by atoms with Crippen molar-refractivity contribution in [3.8, 4) is 0 Å². The normalized spacial score (nSPS) is 23.0. The van der Waals surface area contributed by atoms with Crippen molar-refractivity contribution in [1.29, 1.82) is 0 Å². The van der Waals surface area contributed by atoms with E-state index in [4.69, 9.17) is 13.9 Å². The zero-order chi connectivity index (χ0) is 19.7. The monoisotopic (exact) mass is 389 g/mol. The van der Waals surface area contributed by atoms with E-state index in [0.717, 1.165) is 25.7 Å². The highest BCUT2D eigenvalue weighted by Crippen LogP contribution is 2.39. The van der Waals surface area contributed by atoms with Crippen molar-refractivity contribution in [3.63, 3.8) is 0 Å². The van der Waals surface area contributed by atoms with E-state index in [0.29, 0.717) is 49.0 Å². The lowest BCUT2D eigenvalue weighted by Crippen LogP contribution is -2.36. The standard InChI is InChI=1S/C19H23N3O6/c1-26-19(23)13-4-2-12(3-5-13)18-20-14-10-15(21-6-8-27-9-7-21)16(22(24)25)11-17(14)28-18/h10-13H,2-9H2,1H3. The predicted molar refractivity (Wildman–Crippen MR) is 100 cm³/mol. The number of fused-ring (bicyclic) bond motifs is 1. The molecular weight excluding hydrogens is 366 g/mol. The molecule has 0 atom stereocenters. The van der Waals surface area contributed by atoms with Crippen molar-refractivity contribution in [2.24, 2.45) is 5.92 Å². The minimum atomic E-state index is -0.381. The number of morpholine rings is 1. The molecule has 2 heterocycles. The van der Waals surface area contributed by atoms with Crippen LogP contribution >= 0.6 is 0 Å². The second-order valence-electron chi connectivity index (χ2n) is 7.29. The molecule has 9 heteroatoms. The van der Waals surface area contributed by atoms with Gasteiger partial charge in [0.2, 0.25) is 0 Å². The molecule has 4 rings (SSSR count). The number of rotatable bonds is 4. The topological polar surface area (TPSA) is 108 Å². The van der Waals surface area contributed by atoms with Crippen molar-refractivity contribution >= 4 is 28.4 Å². The van der Waals surface area contributed by atoms with Crippen LogP contribution in [0.3, 0.4) is 0 Å². The second-order valence-corrected chi connectivity index (χ2v) is 7.29. The Bertz CT molecular complexity index is 881. The maximum Gasteiger partial charge on any atom is 0.308 e. The molecule has 1 aliphatic carbocycles. The van der Waals surface area contributed by atoms with E-state index in [-0.39, 0.29) is 28.4 Å². The molecule has 1 saturated heterocycles. The number of nitro groups is 1. The number of oxazole rings is 1. The van der Waals surface area contributed by atoms with Crippen molar-refractivity contribution in [2.45, 2.75) is 31.6 Å². The summed E-state index contributed by atoms with van der Waals surface area (Å²) in [5.41, 5.74) is 1.62. The van der Waals surface area contributed by atoms with Crippen LogP contribution in [-0.4, -0.2) is 49.3 Å². The van der Waals surface area contributed by atoms with Crippen molar-refractivity contribution in [1.82, 2.24) is 4.98 Å². The third kappa shape index (κ3) is 3.54. The van der Waals surface area contributed by atoms with E-state index >= 15 is 0 Å². The minimum absolute atomic E-state index is 0.0199. The first-order valence-electron chi connectivity index (χ1n) is 9.56. The number of anilines is 1. The molecule has 2 aromatic rings. The Morgan fingerprint density at radius 3 is 2.61 bits per heavy atom. The average Bonchev–Trinajstić information content (AvgIpc) is 3.16. The lowest BCUT2D eigenvalue weighted by atomic mass is 9.82. The van der Waals surface area contributed by atoms with Gasteiger partial charge in [0.15, 0.2) is 11.5 Å². The number of hydrogen-bond acceptors (Lipinski definition) is 8. The molecule has 0 amide bonds. The summed E-state index contributed by atoms with van der Waals surface area (Å²) in [4.78, 5) is 29.5. The van der Waals surface area contributed by atoms with Crippen molar-refractivity contribution < 1.29 is 23.6 Å². The first-order chi connectivity index (χ1) is 13.6. The van der Waals surface area contributed by atoms with Crippen LogP contribution in [0.1, 0.15) is 37.5 Å². The number of nitro benzene ring substituents is 1. The number of hydrogen-bond donors (Lipinski definition) is 0. The highest BCUT2D eigenvalue weighted by Gasteiger charge is 2.31. The van der Waals surface area contributed by atoms with Crippen LogP contribution in [0.4, 0.5) is 11.4 Å². The maximum atomic E-state index is 11.7. The molecule has 0 bridgehead atoms. The van der Waals surface area contributed by atoms with Gasteiger partial charge in [-0.3, -0.25) is 14.9 Å². The second kappa shape index (κ2) is 7.75. The van der Waals surface area contributed by atoms with E-state index in [2.05, 4.69) is 4.98 Å². The van der Waals surface area contributed by atoms with E-state index in [1.807, 2.05) is 4.90 Å². The quantitative estimate of drug-likeness (QED) is 0.446. The molecule has 28 heavy (non-hydrogen) atoms. The van der Waals surface area contributed by atoms with Crippen LogP contribution in [0.2, 0.25) is 0 Å². The number of ether oxygens (including phenoxy) is 2. The molecule has 1 saturated carbocycles. The molecule has 0 radical (unpaired) electrons. The van der Waals surface area contributed by atoms with Gasteiger partial charge in [-0.1, -0.05) is 0 Å². The van der Waals surface area contributed by atoms with Gasteiger partial charge in [-0.05, 0) is 31.7 Å². The third-order valence-electron chi connectivity index (χ3n) is 5.66. The van der Waals surface area contributed by atoms with Gasteiger partial charge in [-0.15, -0.1) is 0 Å². The fourth-order valence-corrected chi connectivity index (χ4v) is 4.09. The maximum absolute atomic E-state index is 11.7. The van der Waals surface area contributed by atoms with Crippen LogP contribution in [0.25, 0.3) is 11.1 Å². The van der Waals surface area contributed by atoms with Crippen LogP contribution < -0.4 is 4.90 Å². The molecule has 1 aromatic heterocycles. The molecule has 0 spiro atoms. The Kier molecular flexibility index (Phi) is 5.17. The van der Waals surface area contributed by atoms with Crippen LogP contribution in [0, 0.1) is 16.0 Å². The Hall–Kier alpha value is -2.68. The predicted octanol–water partition coefficient (Wildman–Crippen LogP) is 3.02. The van der Waals surface area contributed by atoms with Gasteiger partial charge in [-0.2, -0.15) is 0 Å². The Balaban J connectivity index is 1.60. The summed E-state index contributed by atoms with van der Waals surface area (Å²) in [6.45, 7) is 2.30. The lowest BCUT2D eigenvalue weighted by Gasteiger charge is -2.28. The largest absolute Gasteiger partial charge is 0.469 e. The molecule has 150 valence electrons. The Labute approximate surface area is 161 Å². The molecule has 2 aliphatic rings. The van der Waals surface area contributed by atoms with E-state index in [9.17, 15) is 14.9 Å². The number of benzene rings is 1. The summed E-state index contributed by atoms with van der Waals surface area (Å²) in [5.74, 6) is 0.465. The number of aromatic nitrogens is 1. The zero-order valence-electron chi connectivity index (χ0n) is 15.8. The van der Waals surface area contributed by atoms with Gasteiger partial charge in [0.25, 0.3) is 5.69 Å². The lowest BCUT2D eigenvalue weighted by molar-refractivity contribution is -0.384. The summed E-state index contributed by atoms with van der Waals surface area (Å²) in [6, 6.07) is 3.21.